The molecule has 74 valence electrons. The van der Waals surface area contributed by atoms with Gasteiger partial charge in [-0.15, -0.1) is 0 Å². The van der Waals surface area contributed by atoms with E-state index >= 15 is 0 Å². The predicted octanol–water partition coefficient (Wildman–Crippen LogP) is 2.86. The van der Waals surface area contributed by atoms with Gasteiger partial charge in [0, 0.05) is 6.04 Å². The molecule has 0 aliphatic heterocycles. The molecule has 0 aromatic rings. The van der Waals surface area contributed by atoms with E-state index in [-0.39, 0.29) is 0 Å². The number of rotatable bonds is 3. The highest BCUT2D eigenvalue weighted by Crippen LogP contribution is 2.39. The smallest absolute Gasteiger partial charge is 0.00392 e. The first-order valence-electron chi connectivity index (χ1n) is 5.69. The lowest BCUT2D eigenvalue weighted by Crippen LogP contribution is -2.27. The quantitative estimate of drug-likeness (QED) is 0.662. The molecule has 0 bridgehead atoms. The summed E-state index contributed by atoms with van der Waals surface area (Å²) >= 11 is 0. The molecule has 1 nitrogen and oxygen atoms in total. The molecule has 13 heavy (non-hydrogen) atoms. The van der Waals surface area contributed by atoms with E-state index in [1.54, 1.807) is 0 Å². The Morgan fingerprint density at radius 2 is 1.69 bits per heavy atom. The maximum atomic E-state index is 5.88. The van der Waals surface area contributed by atoms with Gasteiger partial charge in [-0.2, -0.15) is 0 Å². The van der Waals surface area contributed by atoms with Gasteiger partial charge in [0.1, 0.15) is 0 Å². The van der Waals surface area contributed by atoms with Crippen LogP contribution in [0.5, 0.6) is 0 Å². The van der Waals surface area contributed by atoms with Crippen molar-refractivity contribution in [3.8, 4) is 0 Å². The van der Waals surface area contributed by atoms with E-state index in [1.807, 2.05) is 0 Å². The Morgan fingerprint density at radius 1 is 1.08 bits per heavy atom. The Labute approximate surface area is 81.4 Å². The molecule has 2 rings (SSSR count). The third kappa shape index (κ3) is 2.57. The van der Waals surface area contributed by atoms with Crippen molar-refractivity contribution >= 4 is 0 Å². The maximum Gasteiger partial charge on any atom is 0.00392 e. The van der Waals surface area contributed by atoms with Gasteiger partial charge in [-0.05, 0) is 56.8 Å². The maximum absolute atomic E-state index is 5.88. The number of hydrogen-bond donors (Lipinski definition) is 1. The van der Waals surface area contributed by atoms with Gasteiger partial charge in [0.15, 0.2) is 0 Å². The first-order chi connectivity index (χ1) is 6.25. The number of allylic oxidation sites excluding steroid dienone is 1. The molecular formula is C12H21N. The molecule has 1 heteroatoms. The fourth-order valence-electron chi connectivity index (χ4n) is 2.39. The Balaban J connectivity index is 1.75. The highest BCUT2D eigenvalue weighted by molar-refractivity contribution is 5.05. The third-order valence-corrected chi connectivity index (χ3v) is 3.60. The Morgan fingerprint density at radius 3 is 2.23 bits per heavy atom. The summed E-state index contributed by atoms with van der Waals surface area (Å²) in [7, 11) is 0. The van der Waals surface area contributed by atoms with Crippen molar-refractivity contribution in [2.75, 3.05) is 0 Å². The van der Waals surface area contributed by atoms with E-state index in [0.29, 0.717) is 6.04 Å². The number of hydrogen-bond acceptors (Lipinski definition) is 1. The Kier molecular flexibility index (Phi) is 2.73. The fourth-order valence-corrected chi connectivity index (χ4v) is 2.39. The van der Waals surface area contributed by atoms with Gasteiger partial charge in [-0.3, -0.25) is 0 Å². The molecular weight excluding hydrogens is 158 g/mol. The lowest BCUT2D eigenvalue weighted by atomic mass is 9.81. The van der Waals surface area contributed by atoms with Crippen molar-refractivity contribution in [1.29, 1.82) is 0 Å². The molecule has 0 unspecified atom stereocenters. The zero-order valence-corrected chi connectivity index (χ0v) is 8.47. The monoisotopic (exact) mass is 179 g/mol. The van der Waals surface area contributed by atoms with E-state index in [0.717, 1.165) is 11.8 Å². The van der Waals surface area contributed by atoms with E-state index < -0.39 is 0 Å². The molecule has 2 N–H and O–H groups in total. The molecule has 2 saturated carbocycles. The molecule has 0 heterocycles. The Hall–Kier alpha value is -0.300. The van der Waals surface area contributed by atoms with Crippen molar-refractivity contribution in [2.45, 2.75) is 51.0 Å². The first-order valence-corrected chi connectivity index (χ1v) is 5.69. The molecule has 0 radical (unpaired) electrons. The minimum absolute atomic E-state index is 0.477. The van der Waals surface area contributed by atoms with Crippen molar-refractivity contribution in [1.82, 2.24) is 0 Å². The van der Waals surface area contributed by atoms with Crippen LogP contribution in [0.4, 0.5) is 0 Å². The molecule has 0 amide bonds. The van der Waals surface area contributed by atoms with E-state index in [9.17, 15) is 0 Å². The van der Waals surface area contributed by atoms with Crippen molar-refractivity contribution in [2.24, 2.45) is 17.6 Å². The molecule has 2 aliphatic carbocycles. The lowest BCUT2D eigenvalue weighted by molar-refractivity contribution is 0.355. The van der Waals surface area contributed by atoms with Gasteiger partial charge < -0.3 is 5.73 Å². The van der Waals surface area contributed by atoms with Gasteiger partial charge in [0.05, 0.1) is 0 Å². The molecule has 0 atom stereocenters. The van der Waals surface area contributed by atoms with Crippen LogP contribution in [0.25, 0.3) is 0 Å². The third-order valence-electron chi connectivity index (χ3n) is 3.60. The summed E-state index contributed by atoms with van der Waals surface area (Å²) in [6.07, 6.45) is 9.23. The zero-order chi connectivity index (χ0) is 9.26. The van der Waals surface area contributed by atoms with Crippen molar-refractivity contribution in [3.63, 3.8) is 0 Å². The van der Waals surface area contributed by atoms with Crippen molar-refractivity contribution in [3.05, 3.63) is 12.2 Å². The van der Waals surface area contributed by atoms with E-state index in [2.05, 4.69) is 6.58 Å². The van der Waals surface area contributed by atoms with E-state index in [1.165, 1.54) is 50.5 Å². The molecule has 0 saturated heterocycles. The minimum Gasteiger partial charge on any atom is -0.328 e. The average molecular weight is 179 g/mol. The molecule has 0 aromatic heterocycles. The SMILES string of the molecule is C=C(CC1CC1)C1CCC(N)CC1. The second-order valence-corrected chi connectivity index (χ2v) is 4.92. The summed E-state index contributed by atoms with van der Waals surface area (Å²) in [6, 6.07) is 0.477. The predicted molar refractivity (Wildman–Crippen MR) is 56.4 cm³/mol. The van der Waals surface area contributed by atoms with Gasteiger partial charge in [-0.1, -0.05) is 12.2 Å². The zero-order valence-electron chi connectivity index (χ0n) is 8.47. The molecule has 0 spiro atoms. The standard InChI is InChI=1S/C12H21N/c1-9(8-10-2-3-10)11-4-6-12(13)7-5-11/h10-12H,1-8,13H2. The van der Waals surface area contributed by atoms with E-state index in [4.69, 9.17) is 5.73 Å². The second-order valence-electron chi connectivity index (χ2n) is 4.92. The molecule has 2 fully saturated rings. The van der Waals surface area contributed by atoms with Crippen LogP contribution < -0.4 is 5.73 Å². The second kappa shape index (κ2) is 3.83. The van der Waals surface area contributed by atoms with Crippen LogP contribution in [-0.2, 0) is 0 Å². The summed E-state index contributed by atoms with van der Waals surface area (Å²) in [4.78, 5) is 0. The fraction of sp³-hybridized carbons (Fsp3) is 0.833. The molecule has 0 aromatic carbocycles. The van der Waals surface area contributed by atoms with Crippen LogP contribution in [0.1, 0.15) is 44.9 Å². The van der Waals surface area contributed by atoms with Gasteiger partial charge in [-0.25, -0.2) is 0 Å². The number of nitrogens with two attached hydrogens (primary N) is 1. The topological polar surface area (TPSA) is 26.0 Å². The van der Waals surface area contributed by atoms with Crippen LogP contribution in [0.3, 0.4) is 0 Å². The van der Waals surface area contributed by atoms with Crippen molar-refractivity contribution < 1.29 is 0 Å². The van der Waals surface area contributed by atoms with Crippen LogP contribution in [-0.4, -0.2) is 6.04 Å². The van der Waals surface area contributed by atoms with Crippen LogP contribution in [0.2, 0.25) is 0 Å². The normalized spacial score (nSPS) is 34.5. The average Bonchev–Trinajstić information content (AvgIpc) is 2.89. The lowest BCUT2D eigenvalue weighted by Gasteiger charge is -2.27. The first kappa shape index (κ1) is 9.26. The summed E-state index contributed by atoms with van der Waals surface area (Å²) in [5.74, 6) is 1.81. The minimum atomic E-state index is 0.477. The Bertz CT molecular complexity index is 185. The highest BCUT2D eigenvalue weighted by atomic mass is 14.6. The van der Waals surface area contributed by atoms with Gasteiger partial charge in [0.25, 0.3) is 0 Å². The molecule has 2 aliphatic rings. The van der Waals surface area contributed by atoms with Gasteiger partial charge >= 0.3 is 0 Å². The highest BCUT2D eigenvalue weighted by Gasteiger charge is 2.26. The summed E-state index contributed by atoms with van der Waals surface area (Å²) in [5, 5.41) is 0. The summed E-state index contributed by atoms with van der Waals surface area (Å²) < 4.78 is 0. The summed E-state index contributed by atoms with van der Waals surface area (Å²) in [6.45, 7) is 4.24. The van der Waals surface area contributed by atoms with Crippen LogP contribution in [0.15, 0.2) is 12.2 Å². The van der Waals surface area contributed by atoms with Crippen LogP contribution in [0, 0.1) is 11.8 Å². The van der Waals surface area contributed by atoms with Crippen LogP contribution >= 0.6 is 0 Å². The summed E-state index contributed by atoms with van der Waals surface area (Å²) in [5.41, 5.74) is 7.40. The van der Waals surface area contributed by atoms with Gasteiger partial charge in [0.2, 0.25) is 0 Å². The largest absolute Gasteiger partial charge is 0.328 e.